The van der Waals surface area contributed by atoms with E-state index in [-0.39, 0.29) is 0 Å². The Labute approximate surface area is 75.6 Å². The minimum absolute atomic E-state index is 0.755. The average Bonchev–Trinajstić information content (AvgIpc) is 1.96. The van der Waals surface area contributed by atoms with E-state index in [1.165, 1.54) is 23.1 Å². The maximum atomic E-state index is 2.30. The van der Waals surface area contributed by atoms with Crippen LogP contribution in [0.5, 0.6) is 0 Å². The normalized spacial score (nSPS) is 10.8. The maximum absolute atomic E-state index is 2.30. The zero-order valence-corrected chi connectivity index (χ0v) is 8.52. The van der Waals surface area contributed by atoms with Gasteiger partial charge in [-0.15, -0.1) is 0 Å². The first-order valence-corrected chi connectivity index (χ1v) is 4.65. The van der Waals surface area contributed by atoms with Gasteiger partial charge in [0.25, 0.3) is 0 Å². The molecule has 1 aromatic rings. The van der Waals surface area contributed by atoms with Crippen molar-refractivity contribution in [3.8, 4) is 0 Å². The van der Waals surface area contributed by atoms with Crippen LogP contribution in [0.1, 0.15) is 30.5 Å². The van der Waals surface area contributed by atoms with Crippen LogP contribution in [0.15, 0.2) is 18.2 Å². The molecular weight excluding hydrogens is 144 g/mol. The molecule has 1 aromatic carbocycles. The zero-order chi connectivity index (χ0) is 9.14. The first kappa shape index (κ1) is 9.31. The van der Waals surface area contributed by atoms with Crippen molar-refractivity contribution in [2.24, 2.45) is 5.92 Å². The summed E-state index contributed by atoms with van der Waals surface area (Å²) in [6.45, 7) is 8.88. The fraction of sp³-hybridized carbons (Fsp3) is 0.500. The largest absolute Gasteiger partial charge is 0.0625 e. The van der Waals surface area contributed by atoms with E-state index in [1.54, 1.807) is 0 Å². The second-order valence-corrected chi connectivity index (χ2v) is 4.03. The third-order valence-corrected chi connectivity index (χ3v) is 2.13. The summed E-state index contributed by atoms with van der Waals surface area (Å²) < 4.78 is 0. The molecule has 0 atom stereocenters. The molecule has 0 aromatic heterocycles. The second kappa shape index (κ2) is 3.75. The minimum atomic E-state index is 0.755. The molecule has 0 bridgehead atoms. The van der Waals surface area contributed by atoms with E-state index in [2.05, 4.69) is 45.9 Å². The van der Waals surface area contributed by atoms with Crippen LogP contribution in [0, 0.1) is 19.8 Å². The molecule has 0 fully saturated rings. The Balaban J connectivity index is 2.90. The lowest BCUT2D eigenvalue weighted by Gasteiger charge is -2.09. The Hall–Kier alpha value is -0.780. The van der Waals surface area contributed by atoms with Crippen molar-refractivity contribution >= 4 is 0 Å². The number of hydrogen-bond acceptors (Lipinski definition) is 0. The van der Waals surface area contributed by atoms with Crippen LogP contribution in [-0.4, -0.2) is 0 Å². The van der Waals surface area contributed by atoms with E-state index in [9.17, 15) is 0 Å². The van der Waals surface area contributed by atoms with Gasteiger partial charge in [-0.3, -0.25) is 0 Å². The molecule has 66 valence electrons. The monoisotopic (exact) mass is 162 g/mol. The van der Waals surface area contributed by atoms with Crippen molar-refractivity contribution in [3.63, 3.8) is 0 Å². The first-order valence-electron chi connectivity index (χ1n) is 4.65. The highest BCUT2D eigenvalue weighted by Crippen LogP contribution is 2.14. The molecule has 0 amide bonds. The quantitative estimate of drug-likeness (QED) is 0.624. The molecule has 0 radical (unpaired) electrons. The van der Waals surface area contributed by atoms with Gasteiger partial charge in [-0.1, -0.05) is 37.6 Å². The smallest absolute Gasteiger partial charge is 0.0253 e. The van der Waals surface area contributed by atoms with Gasteiger partial charge in [0.2, 0.25) is 0 Å². The van der Waals surface area contributed by atoms with E-state index < -0.39 is 0 Å². The van der Waals surface area contributed by atoms with Crippen molar-refractivity contribution in [2.45, 2.75) is 34.1 Å². The van der Waals surface area contributed by atoms with Crippen LogP contribution >= 0.6 is 0 Å². The van der Waals surface area contributed by atoms with Crippen molar-refractivity contribution < 1.29 is 0 Å². The van der Waals surface area contributed by atoms with Gasteiger partial charge in [0.1, 0.15) is 0 Å². The standard InChI is InChI=1S/C12H18/c1-9(2)7-12-8-10(3)5-6-11(12)4/h5-6,8-9H,7H2,1-4H3. The molecule has 0 aliphatic carbocycles. The van der Waals surface area contributed by atoms with Gasteiger partial charge in [0, 0.05) is 0 Å². The number of rotatable bonds is 2. The van der Waals surface area contributed by atoms with Gasteiger partial charge in [0.05, 0.1) is 0 Å². The SMILES string of the molecule is Cc1ccc(C)c(CC(C)C)c1. The summed E-state index contributed by atoms with van der Waals surface area (Å²) in [4.78, 5) is 0. The molecule has 0 aliphatic heterocycles. The Morgan fingerprint density at radius 3 is 2.42 bits per heavy atom. The van der Waals surface area contributed by atoms with Crippen LogP contribution in [0.3, 0.4) is 0 Å². The summed E-state index contributed by atoms with van der Waals surface area (Å²) >= 11 is 0. The summed E-state index contributed by atoms with van der Waals surface area (Å²) in [5, 5.41) is 0. The van der Waals surface area contributed by atoms with Gasteiger partial charge in [-0.2, -0.15) is 0 Å². The van der Waals surface area contributed by atoms with E-state index in [4.69, 9.17) is 0 Å². The molecule has 0 N–H and O–H groups in total. The molecular formula is C12H18. The van der Waals surface area contributed by atoms with Crippen LogP contribution in [-0.2, 0) is 6.42 Å². The fourth-order valence-electron chi connectivity index (χ4n) is 1.46. The lowest BCUT2D eigenvalue weighted by Crippen LogP contribution is -1.96. The Kier molecular flexibility index (Phi) is 2.91. The van der Waals surface area contributed by atoms with E-state index in [0.717, 1.165) is 5.92 Å². The van der Waals surface area contributed by atoms with E-state index >= 15 is 0 Å². The van der Waals surface area contributed by atoms with E-state index in [1.807, 2.05) is 0 Å². The number of hydrogen-bond donors (Lipinski definition) is 0. The summed E-state index contributed by atoms with van der Waals surface area (Å²) in [6.07, 6.45) is 1.20. The highest BCUT2D eigenvalue weighted by atomic mass is 14.1. The van der Waals surface area contributed by atoms with Crippen molar-refractivity contribution in [3.05, 3.63) is 34.9 Å². The number of aryl methyl sites for hydroxylation is 2. The predicted octanol–water partition coefficient (Wildman–Crippen LogP) is 3.50. The van der Waals surface area contributed by atoms with Gasteiger partial charge >= 0.3 is 0 Å². The lowest BCUT2D eigenvalue weighted by molar-refractivity contribution is 0.644. The maximum Gasteiger partial charge on any atom is -0.0253 e. The molecule has 0 heterocycles. The van der Waals surface area contributed by atoms with Crippen LogP contribution in [0.2, 0.25) is 0 Å². The van der Waals surface area contributed by atoms with Gasteiger partial charge in [0.15, 0.2) is 0 Å². The van der Waals surface area contributed by atoms with Gasteiger partial charge in [-0.25, -0.2) is 0 Å². The molecule has 0 spiro atoms. The first-order chi connectivity index (χ1) is 5.59. The molecule has 0 saturated heterocycles. The zero-order valence-electron chi connectivity index (χ0n) is 8.52. The molecule has 1 rings (SSSR count). The average molecular weight is 162 g/mol. The minimum Gasteiger partial charge on any atom is -0.0625 e. The predicted molar refractivity (Wildman–Crippen MR) is 54.5 cm³/mol. The van der Waals surface area contributed by atoms with Crippen molar-refractivity contribution in [1.29, 1.82) is 0 Å². The Morgan fingerprint density at radius 2 is 1.83 bits per heavy atom. The summed E-state index contributed by atoms with van der Waals surface area (Å²) in [5.41, 5.74) is 4.30. The Bertz CT molecular complexity index is 259. The molecule has 0 unspecified atom stereocenters. The molecule has 12 heavy (non-hydrogen) atoms. The van der Waals surface area contributed by atoms with Gasteiger partial charge < -0.3 is 0 Å². The van der Waals surface area contributed by atoms with Crippen LogP contribution < -0.4 is 0 Å². The lowest BCUT2D eigenvalue weighted by atomic mass is 9.97. The molecule has 0 heteroatoms. The molecule has 0 nitrogen and oxygen atoms in total. The number of benzene rings is 1. The van der Waals surface area contributed by atoms with Gasteiger partial charge in [-0.05, 0) is 37.3 Å². The van der Waals surface area contributed by atoms with Crippen molar-refractivity contribution in [1.82, 2.24) is 0 Å². The molecule has 0 aliphatic rings. The molecule has 0 saturated carbocycles. The van der Waals surface area contributed by atoms with Crippen LogP contribution in [0.4, 0.5) is 0 Å². The Morgan fingerprint density at radius 1 is 1.17 bits per heavy atom. The van der Waals surface area contributed by atoms with E-state index in [0.29, 0.717) is 0 Å². The van der Waals surface area contributed by atoms with Crippen molar-refractivity contribution in [2.75, 3.05) is 0 Å². The highest BCUT2D eigenvalue weighted by molar-refractivity contribution is 5.30. The summed E-state index contributed by atoms with van der Waals surface area (Å²) in [5.74, 6) is 0.755. The summed E-state index contributed by atoms with van der Waals surface area (Å²) in [6, 6.07) is 6.70. The second-order valence-electron chi connectivity index (χ2n) is 4.03. The fourth-order valence-corrected chi connectivity index (χ4v) is 1.46. The highest BCUT2D eigenvalue weighted by Gasteiger charge is 2.00. The van der Waals surface area contributed by atoms with Crippen LogP contribution in [0.25, 0.3) is 0 Å². The topological polar surface area (TPSA) is 0 Å². The summed E-state index contributed by atoms with van der Waals surface area (Å²) in [7, 11) is 0. The third-order valence-electron chi connectivity index (χ3n) is 2.13. The third kappa shape index (κ3) is 2.37.